The molecule has 0 spiro atoms. The molecule has 0 amide bonds. The van der Waals surface area contributed by atoms with Crippen LogP contribution in [-0.4, -0.2) is 19.2 Å². The molecule has 0 atom stereocenters. The summed E-state index contributed by atoms with van der Waals surface area (Å²) < 4.78 is 10.4. The number of methoxy groups -OCH3 is 2. The summed E-state index contributed by atoms with van der Waals surface area (Å²) in [5.41, 5.74) is 1.68. The first-order valence-electron chi connectivity index (χ1n) is 5.15. The number of benzene rings is 1. The van der Waals surface area contributed by atoms with Crippen LogP contribution < -0.4 is 15.0 Å². The third-order valence-electron chi connectivity index (χ3n) is 2.50. The van der Waals surface area contributed by atoms with Gasteiger partial charge in [0.2, 0.25) is 5.56 Å². The van der Waals surface area contributed by atoms with Crippen LogP contribution in [0.1, 0.15) is 0 Å². The van der Waals surface area contributed by atoms with Gasteiger partial charge in [0.15, 0.2) is 0 Å². The van der Waals surface area contributed by atoms with Crippen molar-refractivity contribution in [3.05, 3.63) is 46.9 Å². The fourth-order valence-corrected chi connectivity index (χ4v) is 1.62. The van der Waals surface area contributed by atoms with E-state index >= 15 is 0 Å². The Kier molecular flexibility index (Phi) is 3.14. The average Bonchev–Trinajstić information content (AvgIpc) is 2.39. The monoisotopic (exact) mass is 231 g/mol. The molecule has 17 heavy (non-hydrogen) atoms. The van der Waals surface area contributed by atoms with E-state index in [-0.39, 0.29) is 5.56 Å². The van der Waals surface area contributed by atoms with Crippen molar-refractivity contribution in [1.29, 1.82) is 0 Å². The molecule has 1 heterocycles. The van der Waals surface area contributed by atoms with Gasteiger partial charge < -0.3 is 14.5 Å². The lowest BCUT2D eigenvalue weighted by atomic mass is 10.1. The van der Waals surface area contributed by atoms with Crippen molar-refractivity contribution in [1.82, 2.24) is 4.98 Å². The minimum atomic E-state index is -0.124. The van der Waals surface area contributed by atoms with Crippen LogP contribution in [-0.2, 0) is 0 Å². The van der Waals surface area contributed by atoms with Crippen LogP contribution in [0.4, 0.5) is 0 Å². The Labute approximate surface area is 98.8 Å². The maximum absolute atomic E-state index is 11.0. The lowest BCUT2D eigenvalue weighted by Crippen LogP contribution is -2.01. The molecule has 2 rings (SSSR count). The molecule has 0 unspecified atom stereocenters. The van der Waals surface area contributed by atoms with Gasteiger partial charge in [0.05, 0.1) is 14.2 Å². The van der Waals surface area contributed by atoms with Crippen molar-refractivity contribution in [2.45, 2.75) is 0 Å². The normalized spacial score (nSPS) is 10.0. The number of aromatic nitrogens is 1. The summed E-state index contributed by atoms with van der Waals surface area (Å²) in [4.78, 5) is 13.6. The van der Waals surface area contributed by atoms with E-state index in [1.54, 1.807) is 32.5 Å². The van der Waals surface area contributed by atoms with Crippen LogP contribution >= 0.6 is 0 Å². The van der Waals surface area contributed by atoms with E-state index < -0.39 is 0 Å². The number of hydrogen-bond donors (Lipinski definition) is 1. The maximum Gasteiger partial charge on any atom is 0.247 e. The van der Waals surface area contributed by atoms with Gasteiger partial charge in [-0.2, -0.15) is 0 Å². The second-order valence-corrected chi connectivity index (χ2v) is 3.51. The van der Waals surface area contributed by atoms with E-state index in [4.69, 9.17) is 9.47 Å². The molecular formula is C13H13NO3. The molecule has 0 saturated carbocycles. The zero-order chi connectivity index (χ0) is 12.3. The SMILES string of the molecule is COc1ccc(-c2ccc(=O)[nH]c2)c(OC)c1. The van der Waals surface area contributed by atoms with Crippen molar-refractivity contribution < 1.29 is 9.47 Å². The van der Waals surface area contributed by atoms with Gasteiger partial charge in [-0.3, -0.25) is 4.79 Å². The van der Waals surface area contributed by atoms with Gasteiger partial charge in [-0.05, 0) is 18.2 Å². The van der Waals surface area contributed by atoms with Crippen molar-refractivity contribution in [2.75, 3.05) is 14.2 Å². The van der Waals surface area contributed by atoms with Crippen LogP contribution in [0.25, 0.3) is 11.1 Å². The maximum atomic E-state index is 11.0. The molecule has 0 radical (unpaired) electrons. The molecule has 4 nitrogen and oxygen atoms in total. The highest BCUT2D eigenvalue weighted by atomic mass is 16.5. The van der Waals surface area contributed by atoms with Crippen LogP contribution in [0.3, 0.4) is 0 Å². The van der Waals surface area contributed by atoms with Crippen molar-refractivity contribution >= 4 is 0 Å². The highest BCUT2D eigenvalue weighted by Crippen LogP contribution is 2.32. The standard InChI is InChI=1S/C13H13NO3/c1-16-10-4-5-11(12(7-10)17-2)9-3-6-13(15)14-8-9/h3-8H,1-2H3,(H,14,15). The second-order valence-electron chi connectivity index (χ2n) is 3.51. The van der Waals surface area contributed by atoms with Gasteiger partial charge in [-0.25, -0.2) is 0 Å². The Bertz CT molecular complexity index is 555. The fraction of sp³-hybridized carbons (Fsp3) is 0.154. The third-order valence-corrected chi connectivity index (χ3v) is 2.50. The molecule has 0 saturated heterocycles. The van der Waals surface area contributed by atoms with E-state index in [0.29, 0.717) is 5.75 Å². The van der Waals surface area contributed by atoms with Crippen LogP contribution in [0.5, 0.6) is 11.5 Å². The molecule has 0 bridgehead atoms. The molecule has 0 fully saturated rings. The number of aromatic amines is 1. The highest BCUT2D eigenvalue weighted by molar-refractivity contribution is 5.70. The quantitative estimate of drug-likeness (QED) is 0.879. The molecule has 0 aliphatic carbocycles. The first-order valence-corrected chi connectivity index (χ1v) is 5.15. The van der Waals surface area contributed by atoms with Gasteiger partial charge in [0.25, 0.3) is 0 Å². The first kappa shape index (κ1) is 11.3. The Hall–Kier alpha value is -2.23. The lowest BCUT2D eigenvalue weighted by molar-refractivity contribution is 0.395. The smallest absolute Gasteiger partial charge is 0.247 e. The van der Waals surface area contributed by atoms with Gasteiger partial charge in [-0.1, -0.05) is 0 Å². The van der Waals surface area contributed by atoms with E-state index in [9.17, 15) is 4.79 Å². The van der Waals surface area contributed by atoms with Crippen molar-refractivity contribution in [3.63, 3.8) is 0 Å². The topological polar surface area (TPSA) is 51.3 Å². The number of H-pyrrole nitrogens is 1. The predicted octanol–water partition coefficient (Wildman–Crippen LogP) is 2.06. The summed E-state index contributed by atoms with van der Waals surface area (Å²) in [5, 5.41) is 0. The average molecular weight is 231 g/mol. The molecule has 4 heteroatoms. The molecule has 88 valence electrons. The van der Waals surface area contributed by atoms with Crippen LogP contribution in [0.15, 0.2) is 41.3 Å². The third kappa shape index (κ3) is 2.30. The number of rotatable bonds is 3. The first-order chi connectivity index (χ1) is 8.24. The van der Waals surface area contributed by atoms with Gasteiger partial charge in [0, 0.05) is 29.5 Å². The molecule has 1 aromatic carbocycles. The lowest BCUT2D eigenvalue weighted by Gasteiger charge is -2.10. The Morgan fingerprint density at radius 1 is 1.06 bits per heavy atom. The van der Waals surface area contributed by atoms with E-state index in [1.165, 1.54) is 6.07 Å². The molecule has 1 aromatic heterocycles. The zero-order valence-electron chi connectivity index (χ0n) is 9.69. The van der Waals surface area contributed by atoms with Crippen molar-refractivity contribution in [3.8, 4) is 22.6 Å². The zero-order valence-corrected chi connectivity index (χ0v) is 9.69. The number of nitrogens with one attached hydrogen (secondary N) is 1. The Balaban J connectivity index is 2.51. The Morgan fingerprint density at radius 2 is 1.88 bits per heavy atom. The predicted molar refractivity (Wildman–Crippen MR) is 65.6 cm³/mol. The minimum absolute atomic E-state index is 0.124. The number of ether oxygens (including phenoxy) is 2. The minimum Gasteiger partial charge on any atom is -0.497 e. The van der Waals surface area contributed by atoms with Gasteiger partial charge in [-0.15, -0.1) is 0 Å². The highest BCUT2D eigenvalue weighted by Gasteiger charge is 2.07. The molecular weight excluding hydrogens is 218 g/mol. The van der Waals surface area contributed by atoms with E-state index in [1.807, 2.05) is 12.1 Å². The molecule has 0 aliphatic rings. The summed E-state index contributed by atoms with van der Waals surface area (Å²) in [6.45, 7) is 0. The van der Waals surface area contributed by atoms with Crippen LogP contribution in [0.2, 0.25) is 0 Å². The number of pyridine rings is 1. The summed E-state index contributed by atoms with van der Waals surface area (Å²) >= 11 is 0. The van der Waals surface area contributed by atoms with Gasteiger partial charge in [0.1, 0.15) is 11.5 Å². The summed E-state index contributed by atoms with van der Waals surface area (Å²) in [6.07, 6.45) is 1.66. The largest absolute Gasteiger partial charge is 0.497 e. The van der Waals surface area contributed by atoms with Crippen LogP contribution in [0, 0.1) is 0 Å². The van der Waals surface area contributed by atoms with E-state index in [0.717, 1.165) is 16.9 Å². The summed E-state index contributed by atoms with van der Waals surface area (Å²) in [6, 6.07) is 8.79. The molecule has 1 N–H and O–H groups in total. The van der Waals surface area contributed by atoms with Gasteiger partial charge >= 0.3 is 0 Å². The summed E-state index contributed by atoms with van der Waals surface area (Å²) in [5.74, 6) is 1.44. The summed E-state index contributed by atoms with van der Waals surface area (Å²) in [7, 11) is 3.21. The molecule has 0 aliphatic heterocycles. The van der Waals surface area contributed by atoms with Crippen molar-refractivity contribution in [2.24, 2.45) is 0 Å². The number of hydrogen-bond acceptors (Lipinski definition) is 3. The Morgan fingerprint density at radius 3 is 2.47 bits per heavy atom. The second kappa shape index (κ2) is 4.74. The van der Waals surface area contributed by atoms with E-state index in [2.05, 4.69) is 4.98 Å². The molecule has 2 aromatic rings. The fourth-order valence-electron chi connectivity index (χ4n) is 1.62.